The van der Waals surface area contributed by atoms with Crippen LogP contribution in [0.25, 0.3) is 0 Å². The van der Waals surface area contributed by atoms with Crippen LogP contribution in [0, 0.1) is 0 Å². The number of piperidine rings is 1. The van der Waals surface area contributed by atoms with Crippen molar-refractivity contribution in [2.75, 3.05) is 32.1 Å². The first kappa shape index (κ1) is 18.9. The molecule has 0 N–H and O–H groups in total. The van der Waals surface area contributed by atoms with Crippen LogP contribution in [0.1, 0.15) is 48.9 Å². The molecule has 8 nitrogen and oxygen atoms in total. The molecule has 2 aromatic rings. The SMILES string of the molecule is CN(C)C=NS(=O)(=O)c1ccc([C@@H]2C[C@H]2c2noc(N3CCCCC3)n2)cc1. The summed E-state index contributed by atoms with van der Waals surface area (Å²) in [5.41, 5.74) is 1.09. The predicted octanol–water partition coefficient (Wildman–Crippen LogP) is 2.61. The topological polar surface area (TPSA) is 91.9 Å². The molecule has 150 valence electrons. The van der Waals surface area contributed by atoms with Crippen molar-refractivity contribution in [1.82, 2.24) is 15.0 Å². The molecule has 2 heterocycles. The zero-order valence-electron chi connectivity index (χ0n) is 16.2. The molecule has 1 saturated carbocycles. The normalized spacial score (nSPS) is 22.6. The highest BCUT2D eigenvalue weighted by Gasteiger charge is 2.43. The van der Waals surface area contributed by atoms with Crippen LogP contribution >= 0.6 is 0 Å². The average Bonchev–Trinajstić information content (AvgIpc) is 3.35. The number of hydrogen-bond acceptors (Lipinski definition) is 6. The quantitative estimate of drug-likeness (QED) is 0.541. The summed E-state index contributed by atoms with van der Waals surface area (Å²) in [6.45, 7) is 1.95. The van der Waals surface area contributed by atoms with Crippen molar-refractivity contribution in [3.8, 4) is 0 Å². The van der Waals surface area contributed by atoms with E-state index in [0.717, 1.165) is 43.7 Å². The van der Waals surface area contributed by atoms with Crippen LogP contribution in [-0.2, 0) is 10.0 Å². The first-order valence-corrected chi connectivity index (χ1v) is 11.0. The molecule has 0 amide bonds. The minimum Gasteiger partial charge on any atom is -0.368 e. The van der Waals surface area contributed by atoms with E-state index < -0.39 is 10.0 Å². The summed E-state index contributed by atoms with van der Waals surface area (Å²) in [7, 11) is -0.217. The van der Waals surface area contributed by atoms with Crippen molar-refractivity contribution >= 4 is 22.4 Å². The summed E-state index contributed by atoms with van der Waals surface area (Å²) in [5.74, 6) is 1.28. The van der Waals surface area contributed by atoms with Crippen LogP contribution in [0.3, 0.4) is 0 Å². The lowest BCUT2D eigenvalue weighted by Gasteiger charge is -2.23. The molecule has 1 aromatic carbocycles. The minimum absolute atomic E-state index is 0.193. The van der Waals surface area contributed by atoms with Gasteiger partial charge in [-0.15, -0.1) is 4.40 Å². The van der Waals surface area contributed by atoms with Gasteiger partial charge in [-0.25, -0.2) is 0 Å². The van der Waals surface area contributed by atoms with E-state index in [-0.39, 0.29) is 10.8 Å². The maximum atomic E-state index is 12.2. The summed E-state index contributed by atoms with van der Waals surface area (Å²) in [4.78, 5) is 8.54. The van der Waals surface area contributed by atoms with Crippen LogP contribution in [0.15, 0.2) is 38.1 Å². The Morgan fingerprint density at radius 3 is 2.54 bits per heavy atom. The molecule has 9 heteroatoms. The molecular weight excluding hydrogens is 378 g/mol. The summed E-state index contributed by atoms with van der Waals surface area (Å²) < 4.78 is 33.5. The van der Waals surface area contributed by atoms with Crippen molar-refractivity contribution in [2.45, 2.75) is 42.4 Å². The Hall–Kier alpha value is -2.42. The van der Waals surface area contributed by atoms with Gasteiger partial charge in [-0.05, 0) is 49.3 Å². The Balaban J connectivity index is 1.42. The van der Waals surface area contributed by atoms with Gasteiger partial charge in [-0.2, -0.15) is 13.4 Å². The number of rotatable bonds is 6. The van der Waals surface area contributed by atoms with Crippen LogP contribution in [0.2, 0.25) is 0 Å². The highest BCUT2D eigenvalue weighted by Crippen LogP contribution is 2.53. The van der Waals surface area contributed by atoms with E-state index in [9.17, 15) is 8.42 Å². The molecular formula is C19H25N5O3S. The fraction of sp³-hybridized carbons (Fsp3) is 0.526. The summed E-state index contributed by atoms with van der Waals surface area (Å²) in [6, 6.07) is 7.56. The number of benzene rings is 1. The zero-order chi connectivity index (χ0) is 19.7. The zero-order valence-corrected chi connectivity index (χ0v) is 17.0. The van der Waals surface area contributed by atoms with Gasteiger partial charge in [0.2, 0.25) is 0 Å². The average molecular weight is 404 g/mol. The van der Waals surface area contributed by atoms with E-state index in [1.165, 1.54) is 12.8 Å². The number of anilines is 1. The monoisotopic (exact) mass is 403 g/mol. The van der Waals surface area contributed by atoms with Gasteiger partial charge in [0, 0.05) is 33.1 Å². The number of aromatic nitrogens is 2. The van der Waals surface area contributed by atoms with Gasteiger partial charge < -0.3 is 14.3 Å². The smallest absolute Gasteiger partial charge is 0.324 e. The molecule has 0 spiro atoms. The molecule has 0 bridgehead atoms. The lowest BCUT2D eigenvalue weighted by atomic mass is 10.1. The second-order valence-corrected chi connectivity index (χ2v) is 9.29. The largest absolute Gasteiger partial charge is 0.368 e. The Morgan fingerprint density at radius 2 is 1.86 bits per heavy atom. The molecule has 1 aliphatic carbocycles. The highest BCUT2D eigenvalue weighted by molar-refractivity contribution is 7.90. The molecule has 28 heavy (non-hydrogen) atoms. The maximum absolute atomic E-state index is 12.2. The Morgan fingerprint density at radius 1 is 1.14 bits per heavy atom. The third-order valence-electron chi connectivity index (χ3n) is 5.20. The molecule has 2 aliphatic rings. The Labute approximate surface area is 165 Å². The lowest BCUT2D eigenvalue weighted by Crippen LogP contribution is -2.29. The number of sulfonamides is 1. The lowest BCUT2D eigenvalue weighted by molar-refractivity contribution is 0.396. The van der Waals surface area contributed by atoms with Crippen molar-refractivity contribution in [3.63, 3.8) is 0 Å². The molecule has 1 aliphatic heterocycles. The van der Waals surface area contributed by atoms with Gasteiger partial charge in [0.05, 0.1) is 4.90 Å². The second kappa shape index (κ2) is 7.54. The van der Waals surface area contributed by atoms with Gasteiger partial charge in [0.1, 0.15) is 6.34 Å². The third-order valence-corrected chi connectivity index (χ3v) is 6.44. The van der Waals surface area contributed by atoms with Gasteiger partial charge in [0.15, 0.2) is 5.82 Å². The van der Waals surface area contributed by atoms with Gasteiger partial charge in [-0.1, -0.05) is 17.3 Å². The molecule has 0 unspecified atom stereocenters. The predicted molar refractivity (Wildman–Crippen MR) is 106 cm³/mol. The van der Waals surface area contributed by atoms with E-state index in [1.54, 1.807) is 31.1 Å². The van der Waals surface area contributed by atoms with Crippen molar-refractivity contribution in [3.05, 3.63) is 35.7 Å². The summed E-state index contributed by atoms with van der Waals surface area (Å²) >= 11 is 0. The fourth-order valence-corrected chi connectivity index (χ4v) is 4.46. The molecule has 0 radical (unpaired) electrons. The van der Waals surface area contributed by atoms with Crippen LogP contribution in [-0.4, -0.2) is 57.0 Å². The first-order valence-electron chi connectivity index (χ1n) is 9.59. The standard InChI is InChI=1S/C19H25N5O3S/c1-23(2)13-20-28(25,26)15-8-6-14(7-9-15)16-12-17(16)18-21-19(27-22-18)24-10-4-3-5-11-24/h6-9,13,16-17H,3-5,10-12H2,1-2H3/t16-,17+/m0/s1. The van der Waals surface area contributed by atoms with Crippen LogP contribution in [0.4, 0.5) is 6.01 Å². The summed E-state index contributed by atoms with van der Waals surface area (Å²) in [6.07, 6.45) is 5.82. The molecule has 2 atom stereocenters. The first-order chi connectivity index (χ1) is 13.4. The Kier molecular flexibility index (Phi) is 5.09. The van der Waals surface area contributed by atoms with E-state index >= 15 is 0 Å². The Bertz CT molecular complexity index is 946. The second-order valence-electron chi connectivity index (χ2n) is 7.66. The van der Waals surface area contributed by atoms with Crippen molar-refractivity contribution < 1.29 is 12.9 Å². The van der Waals surface area contributed by atoms with Crippen molar-refractivity contribution in [2.24, 2.45) is 4.40 Å². The van der Waals surface area contributed by atoms with Crippen LogP contribution < -0.4 is 4.90 Å². The minimum atomic E-state index is -3.67. The highest BCUT2D eigenvalue weighted by atomic mass is 32.2. The van der Waals surface area contributed by atoms with Gasteiger partial charge in [0.25, 0.3) is 10.0 Å². The molecule has 1 aromatic heterocycles. The fourth-order valence-electron chi connectivity index (χ4n) is 3.54. The number of hydrogen-bond donors (Lipinski definition) is 0. The van der Waals surface area contributed by atoms with Gasteiger partial charge >= 0.3 is 6.01 Å². The molecule has 4 rings (SSSR count). The van der Waals surface area contributed by atoms with Gasteiger partial charge in [-0.3, -0.25) is 0 Å². The van der Waals surface area contributed by atoms with E-state index in [1.807, 2.05) is 12.1 Å². The van der Waals surface area contributed by atoms with Crippen LogP contribution in [0.5, 0.6) is 0 Å². The third kappa shape index (κ3) is 4.04. The van der Waals surface area contributed by atoms with E-state index in [2.05, 4.69) is 19.4 Å². The molecule has 2 fully saturated rings. The van der Waals surface area contributed by atoms with E-state index in [0.29, 0.717) is 11.9 Å². The van der Waals surface area contributed by atoms with Crippen molar-refractivity contribution in [1.29, 1.82) is 0 Å². The van der Waals surface area contributed by atoms with E-state index in [4.69, 9.17) is 4.52 Å². The maximum Gasteiger partial charge on any atom is 0.324 e. The molecule has 1 saturated heterocycles. The summed E-state index contributed by atoms with van der Waals surface area (Å²) in [5, 5.41) is 4.18. The number of nitrogens with zero attached hydrogens (tertiary/aromatic N) is 5.